The quantitative estimate of drug-likeness (QED) is 0.912. The van der Waals surface area contributed by atoms with Crippen LogP contribution in [0.5, 0.6) is 0 Å². The van der Waals surface area contributed by atoms with Gasteiger partial charge in [-0.15, -0.1) is 0 Å². The maximum atomic E-state index is 10.5. The average molecular weight is 285 g/mol. The Morgan fingerprint density at radius 2 is 2.00 bits per heavy atom. The summed E-state index contributed by atoms with van der Waals surface area (Å²) in [5.41, 5.74) is 0.739. The molecule has 0 saturated heterocycles. The van der Waals surface area contributed by atoms with Gasteiger partial charge in [0.05, 0.1) is 11.4 Å². The summed E-state index contributed by atoms with van der Waals surface area (Å²) >= 11 is 11.9. The van der Waals surface area contributed by atoms with Crippen LogP contribution in [0.2, 0.25) is 10.0 Å². The zero-order valence-corrected chi connectivity index (χ0v) is 10.8. The van der Waals surface area contributed by atoms with E-state index in [0.717, 1.165) is 5.56 Å². The van der Waals surface area contributed by atoms with E-state index >= 15 is 0 Å². The summed E-state index contributed by atoms with van der Waals surface area (Å²) in [6.07, 6.45) is 0.405. The number of aryl methyl sites for hydroxylation is 1. The molecule has 0 aliphatic heterocycles. The van der Waals surface area contributed by atoms with Crippen molar-refractivity contribution in [3.05, 3.63) is 46.1 Å². The lowest BCUT2D eigenvalue weighted by Crippen LogP contribution is -1.96. The summed E-state index contributed by atoms with van der Waals surface area (Å²) < 4.78 is 5.55. The lowest BCUT2D eigenvalue weighted by molar-refractivity contribution is -0.137. The molecule has 0 radical (unpaired) electrons. The first-order valence-electron chi connectivity index (χ1n) is 5.32. The second-order valence-electron chi connectivity index (χ2n) is 3.78. The largest absolute Gasteiger partial charge is 0.481 e. The van der Waals surface area contributed by atoms with Crippen molar-refractivity contribution in [2.24, 2.45) is 0 Å². The fourth-order valence-corrected chi connectivity index (χ4v) is 2.08. The first-order chi connectivity index (χ1) is 8.56. The number of hydrogen-bond donors (Lipinski definition) is 1. The highest BCUT2D eigenvalue weighted by molar-refractivity contribution is 6.36. The van der Waals surface area contributed by atoms with Crippen molar-refractivity contribution in [3.63, 3.8) is 0 Å². The van der Waals surface area contributed by atoms with Gasteiger partial charge in [0, 0.05) is 17.0 Å². The summed E-state index contributed by atoms with van der Waals surface area (Å²) in [7, 11) is 0. The second kappa shape index (κ2) is 5.46. The molecule has 0 aliphatic rings. The number of furan rings is 1. The number of carboxylic acid groups (broad SMARTS) is 1. The van der Waals surface area contributed by atoms with Crippen molar-refractivity contribution in [1.29, 1.82) is 0 Å². The van der Waals surface area contributed by atoms with Crippen LogP contribution in [-0.4, -0.2) is 11.1 Å². The highest BCUT2D eigenvalue weighted by atomic mass is 35.5. The van der Waals surface area contributed by atoms with E-state index in [2.05, 4.69) is 0 Å². The second-order valence-corrected chi connectivity index (χ2v) is 4.63. The minimum Gasteiger partial charge on any atom is -0.481 e. The van der Waals surface area contributed by atoms with Gasteiger partial charge in [-0.2, -0.15) is 0 Å². The Morgan fingerprint density at radius 1 is 1.22 bits per heavy atom. The van der Waals surface area contributed by atoms with Crippen LogP contribution in [0.4, 0.5) is 0 Å². The summed E-state index contributed by atoms with van der Waals surface area (Å²) in [6, 6.07) is 8.65. The van der Waals surface area contributed by atoms with Crippen molar-refractivity contribution in [3.8, 4) is 11.3 Å². The molecule has 1 aromatic heterocycles. The van der Waals surface area contributed by atoms with Gasteiger partial charge in [0.25, 0.3) is 0 Å². The fraction of sp³-hybridized carbons (Fsp3) is 0.154. The zero-order chi connectivity index (χ0) is 13.1. The predicted octanol–water partition coefficient (Wildman–Crippen LogP) is 4.27. The van der Waals surface area contributed by atoms with Gasteiger partial charge < -0.3 is 9.52 Å². The van der Waals surface area contributed by atoms with Crippen LogP contribution >= 0.6 is 23.2 Å². The zero-order valence-electron chi connectivity index (χ0n) is 9.32. The Bertz CT molecular complexity index is 575. The van der Waals surface area contributed by atoms with Gasteiger partial charge in [0.2, 0.25) is 0 Å². The first kappa shape index (κ1) is 13.0. The molecular formula is C13H10Cl2O3. The van der Waals surface area contributed by atoms with E-state index in [1.807, 2.05) is 0 Å². The molecule has 2 aromatic rings. The lowest BCUT2D eigenvalue weighted by atomic mass is 10.2. The van der Waals surface area contributed by atoms with Crippen molar-refractivity contribution < 1.29 is 14.3 Å². The smallest absolute Gasteiger partial charge is 0.303 e. The highest BCUT2D eigenvalue weighted by Crippen LogP contribution is 2.31. The Balaban J connectivity index is 2.21. The molecule has 0 aliphatic carbocycles. The summed E-state index contributed by atoms with van der Waals surface area (Å²) in [5, 5.41) is 9.65. The van der Waals surface area contributed by atoms with Crippen LogP contribution in [0, 0.1) is 0 Å². The van der Waals surface area contributed by atoms with E-state index in [-0.39, 0.29) is 6.42 Å². The van der Waals surface area contributed by atoms with Crippen molar-refractivity contribution in [2.45, 2.75) is 12.8 Å². The highest BCUT2D eigenvalue weighted by Gasteiger charge is 2.10. The molecule has 3 nitrogen and oxygen atoms in total. The molecule has 1 heterocycles. The molecule has 5 heteroatoms. The lowest BCUT2D eigenvalue weighted by Gasteiger charge is -2.01. The summed E-state index contributed by atoms with van der Waals surface area (Å²) in [5.74, 6) is 0.382. The van der Waals surface area contributed by atoms with Crippen molar-refractivity contribution >= 4 is 29.2 Å². The van der Waals surface area contributed by atoms with Gasteiger partial charge in [0.1, 0.15) is 11.5 Å². The minimum absolute atomic E-state index is 0.0430. The SMILES string of the molecule is O=C(O)CCc1ccc(-c2ccc(Cl)cc2Cl)o1. The standard InChI is InChI=1S/C13H10Cl2O3/c14-8-1-4-10(11(15)7-8)12-5-2-9(18-12)3-6-13(16)17/h1-2,4-5,7H,3,6H2,(H,16,17). The third kappa shape index (κ3) is 3.06. The maximum Gasteiger partial charge on any atom is 0.303 e. The van der Waals surface area contributed by atoms with E-state index in [9.17, 15) is 4.79 Å². The van der Waals surface area contributed by atoms with Crippen LogP contribution < -0.4 is 0 Å². The van der Waals surface area contributed by atoms with Crippen LogP contribution in [0.25, 0.3) is 11.3 Å². The molecule has 1 N–H and O–H groups in total. The van der Waals surface area contributed by atoms with Crippen LogP contribution in [0.1, 0.15) is 12.2 Å². The molecule has 0 saturated carbocycles. The molecule has 0 fully saturated rings. The van der Waals surface area contributed by atoms with Gasteiger partial charge in [0.15, 0.2) is 0 Å². The topological polar surface area (TPSA) is 50.4 Å². The number of hydrogen-bond acceptors (Lipinski definition) is 2. The Morgan fingerprint density at radius 3 is 2.67 bits per heavy atom. The molecule has 94 valence electrons. The molecule has 2 rings (SSSR count). The van der Waals surface area contributed by atoms with Crippen LogP contribution in [0.15, 0.2) is 34.7 Å². The molecule has 0 unspecified atom stereocenters. The van der Waals surface area contributed by atoms with Gasteiger partial charge in [-0.3, -0.25) is 4.79 Å². The predicted molar refractivity (Wildman–Crippen MR) is 70.1 cm³/mol. The average Bonchev–Trinajstić information content (AvgIpc) is 2.75. The first-order valence-corrected chi connectivity index (χ1v) is 6.08. The number of carbonyl (C=O) groups is 1. The maximum absolute atomic E-state index is 10.5. The van der Waals surface area contributed by atoms with Crippen LogP contribution in [0.3, 0.4) is 0 Å². The minimum atomic E-state index is -0.850. The third-order valence-corrected chi connectivity index (χ3v) is 2.99. The number of rotatable bonds is 4. The van der Waals surface area contributed by atoms with E-state index in [1.165, 1.54) is 0 Å². The van der Waals surface area contributed by atoms with Gasteiger partial charge in [-0.05, 0) is 30.3 Å². The molecule has 0 amide bonds. The molecule has 18 heavy (non-hydrogen) atoms. The van der Waals surface area contributed by atoms with Crippen LogP contribution in [-0.2, 0) is 11.2 Å². The number of aliphatic carboxylic acids is 1. The number of benzene rings is 1. The number of carboxylic acids is 1. The van der Waals surface area contributed by atoms with Crippen molar-refractivity contribution in [1.82, 2.24) is 0 Å². The molecule has 1 aromatic carbocycles. The fourth-order valence-electron chi connectivity index (χ4n) is 1.58. The third-order valence-electron chi connectivity index (χ3n) is 2.44. The Kier molecular flexibility index (Phi) is 3.94. The van der Waals surface area contributed by atoms with Gasteiger partial charge in [-0.25, -0.2) is 0 Å². The molecular weight excluding hydrogens is 275 g/mol. The van der Waals surface area contributed by atoms with E-state index in [4.69, 9.17) is 32.7 Å². The Hall–Kier alpha value is -1.45. The summed E-state index contributed by atoms with van der Waals surface area (Å²) in [6.45, 7) is 0. The van der Waals surface area contributed by atoms with E-state index in [0.29, 0.717) is 28.0 Å². The van der Waals surface area contributed by atoms with Gasteiger partial charge in [-0.1, -0.05) is 23.2 Å². The molecule has 0 bridgehead atoms. The Labute approximate surface area is 114 Å². The number of halogens is 2. The monoisotopic (exact) mass is 284 g/mol. The van der Waals surface area contributed by atoms with E-state index < -0.39 is 5.97 Å². The normalized spacial score (nSPS) is 10.6. The van der Waals surface area contributed by atoms with Gasteiger partial charge >= 0.3 is 5.97 Å². The van der Waals surface area contributed by atoms with E-state index in [1.54, 1.807) is 30.3 Å². The molecule has 0 spiro atoms. The summed E-state index contributed by atoms with van der Waals surface area (Å²) in [4.78, 5) is 10.5. The van der Waals surface area contributed by atoms with Crippen molar-refractivity contribution in [2.75, 3.05) is 0 Å². The molecule has 0 atom stereocenters.